The third-order valence-corrected chi connectivity index (χ3v) is 10.9. The summed E-state index contributed by atoms with van der Waals surface area (Å²) in [5.74, 6) is 0. The molecular weight excluding hydrogens is 685 g/mol. The number of fused-ring (bicyclic) bond motifs is 8. The lowest BCUT2D eigenvalue weighted by Gasteiger charge is -2.19. The Balaban J connectivity index is 1.33. The number of rotatable bonds is 5. The number of hydrogen-bond acceptors (Lipinski definition) is 3. The first-order chi connectivity index (χ1) is 27.6. The molecule has 5 nitrogen and oxygen atoms in total. The predicted molar refractivity (Wildman–Crippen MR) is 229 cm³/mol. The van der Waals surface area contributed by atoms with Gasteiger partial charge in [0.15, 0.2) is 0 Å². The highest BCUT2D eigenvalue weighted by Gasteiger charge is 2.22. The van der Waals surface area contributed by atoms with Crippen molar-refractivity contribution < 1.29 is 4.42 Å². The minimum atomic E-state index is 0.539. The highest BCUT2D eigenvalue weighted by molar-refractivity contribution is 6.23. The predicted octanol–water partition coefficient (Wildman–Crippen LogP) is 11.5. The highest BCUT2D eigenvalue weighted by Crippen LogP contribution is 2.42. The number of furan rings is 1. The molecule has 3 aromatic heterocycles. The van der Waals surface area contributed by atoms with Gasteiger partial charge in [0.25, 0.3) is 0 Å². The Labute approximate surface area is 322 Å². The summed E-state index contributed by atoms with van der Waals surface area (Å²) in [7, 11) is 0. The highest BCUT2D eigenvalue weighted by atomic mass is 16.3. The quantitative estimate of drug-likeness (QED) is 0.178. The van der Waals surface area contributed by atoms with Gasteiger partial charge in [0.05, 0.1) is 44.8 Å². The van der Waals surface area contributed by atoms with Gasteiger partial charge in [0, 0.05) is 54.5 Å². The molecule has 0 aliphatic heterocycles. The molecule has 3 heterocycles. The number of nitrogens with zero attached hydrogens (tertiary/aromatic N) is 4. The Bertz CT molecular complexity index is 3490. The summed E-state index contributed by atoms with van der Waals surface area (Å²) < 4.78 is 11.2. The lowest BCUT2D eigenvalue weighted by molar-refractivity contribution is 0.673. The monoisotopic (exact) mass is 716 g/mol. The van der Waals surface area contributed by atoms with Gasteiger partial charge in [0.2, 0.25) is 0 Å². The Kier molecular flexibility index (Phi) is 7.56. The lowest BCUT2D eigenvalue weighted by atomic mass is 9.91. The number of nitriles is 2. The molecule has 0 fully saturated rings. The maximum Gasteiger partial charge on any atom is 0.145 e. The average Bonchev–Trinajstić information content (AvgIpc) is 3.91. The molecule has 0 bridgehead atoms. The molecule has 0 unspecified atom stereocenters. The van der Waals surface area contributed by atoms with E-state index < -0.39 is 0 Å². The molecule has 0 saturated heterocycles. The van der Waals surface area contributed by atoms with Gasteiger partial charge in [-0.25, -0.2) is 0 Å². The molecule has 0 saturated carbocycles. The van der Waals surface area contributed by atoms with E-state index in [-0.39, 0.29) is 0 Å². The van der Waals surface area contributed by atoms with E-state index in [4.69, 9.17) is 4.42 Å². The molecule has 0 spiro atoms. The summed E-state index contributed by atoms with van der Waals surface area (Å²) in [5.41, 5.74) is 11.1. The fourth-order valence-electron chi connectivity index (χ4n) is 8.60. The van der Waals surface area contributed by atoms with E-state index in [1.807, 2.05) is 54.6 Å². The molecule has 5 heteroatoms. The van der Waals surface area contributed by atoms with Gasteiger partial charge < -0.3 is 13.6 Å². The fourth-order valence-corrected chi connectivity index (χ4v) is 8.60. The number of para-hydroxylation sites is 3. The van der Waals surface area contributed by atoms with Crippen LogP contribution in [0, 0.1) is 22.7 Å². The standard InChI is InChI=1S/C51H32N4O/c1-3-13-37-38-16-5-8-21-45(38)55(44(37)4-2)48-29-34(24-25-39(48)36-20-12-19-35(43(36)31-53)33-15-11-14-32(28-33)30-52)54-46-22-9-6-18-42(46)50-47(54)27-26-41-40-17-7-10-23-49(40)56-51(41)50/h3-29H,1H2,2H3/b37-13-,44-4+. The number of aromatic nitrogens is 2. The summed E-state index contributed by atoms with van der Waals surface area (Å²) >= 11 is 0. The molecule has 0 aliphatic rings. The van der Waals surface area contributed by atoms with Crippen molar-refractivity contribution in [3.8, 4) is 45.8 Å². The smallest absolute Gasteiger partial charge is 0.145 e. The van der Waals surface area contributed by atoms with Gasteiger partial charge in [-0.05, 0) is 67.1 Å². The molecule has 0 amide bonds. The van der Waals surface area contributed by atoms with E-state index in [0.29, 0.717) is 11.1 Å². The van der Waals surface area contributed by atoms with Crippen LogP contribution in [0.4, 0.5) is 0 Å². The molecule has 0 aliphatic carbocycles. The second-order valence-corrected chi connectivity index (χ2v) is 13.9. The summed E-state index contributed by atoms with van der Waals surface area (Å²) in [4.78, 5) is 0. The van der Waals surface area contributed by atoms with Gasteiger partial charge in [-0.1, -0.05) is 116 Å². The van der Waals surface area contributed by atoms with Gasteiger partial charge in [-0.2, -0.15) is 10.5 Å². The van der Waals surface area contributed by atoms with Crippen molar-refractivity contribution in [1.82, 2.24) is 9.13 Å². The molecule has 0 atom stereocenters. The molecule has 10 aromatic rings. The van der Waals surface area contributed by atoms with Gasteiger partial charge in [-0.15, -0.1) is 0 Å². The third kappa shape index (κ3) is 4.79. The molecule has 0 N–H and O–H groups in total. The minimum absolute atomic E-state index is 0.539. The van der Waals surface area contributed by atoms with Crippen LogP contribution in [0.1, 0.15) is 18.1 Å². The van der Waals surface area contributed by atoms with E-state index in [9.17, 15) is 10.5 Å². The number of benzene rings is 7. The third-order valence-electron chi connectivity index (χ3n) is 10.9. The van der Waals surface area contributed by atoms with Crippen molar-refractivity contribution >= 4 is 66.8 Å². The van der Waals surface area contributed by atoms with Crippen LogP contribution in [0.25, 0.3) is 100 Å². The Hall–Kier alpha value is -7.86. The van der Waals surface area contributed by atoms with Crippen LogP contribution in [-0.2, 0) is 0 Å². The first-order valence-corrected chi connectivity index (χ1v) is 18.5. The Morgan fingerprint density at radius 2 is 1.34 bits per heavy atom. The molecule has 10 rings (SSSR count). The van der Waals surface area contributed by atoms with Crippen LogP contribution < -0.4 is 10.6 Å². The number of allylic oxidation sites excluding steroid dienone is 1. The van der Waals surface area contributed by atoms with Crippen molar-refractivity contribution in [2.75, 3.05) is 0 Å². The lowest BCUT2D eigenvalue weighted by Crippen LogP contribution is -2.28. The first-order valence-electron chi connectivity index (χ1n) is 18.5. The fraction of sp³-hybridized carbons (Fsp3) is 0.0196. The Morgan fingerprint density at radius 3 is 2.12 bits per heavy atom. The van der Waals surface area contributed by atoms with E-state index in [0.717, 1.165) is 98.8 Å². The second kappa shape index (κ2) is 12.9. The van der Waals surface area contributed by atoms with E-state index in [1.165, 1.54) is 0 Å². The maximum absolute atomic E-state index is 10.9. The van der Waals surface area contributed by atoms with E-state index in [2.05, 4.69) is 138 Å². The molecule has 262 valence electrons. The normalized spacial score (nSPS) is 12.3. The zero-order chi connectivity index (χ0) is 37.9. The van der Waals surface area contributed by atoms with Crippen LogP contribution in [0.3, 0.4) is 0 Å². The maximum atomic E-state index is 10.9. The van der Waals surface area contributed by atoms with Crippen LogP contribution in [0.2, 0.25) is 0 Å². The first kappa shape index (κ1) is 32.8. The van der Waals surface area contributed by atoms with E-state index in [1.54, 1.807) is 6.07 Å². The van der Waals surface area contributed by atoms with Crippen molar-refractivity contribution in [3.05, 3.63) is 180 Å². The van der Waals surface area contributed by atoms with Crippen molar-refractivity contribution in [3.63, 3.8) is 0 Å². The largest absolute Gasteiger partial charge is 0.455 e. The zero-order valence-corrected chi connectivity index (χ0v) is 30.5. The molecule has 0 radical (unpaired) electrons. The van der Waals surface area contributed by atoms with Crippen LogP contribution in [-0.4, -0.2) is 9.13 Å². The average molecular weight is 717 g/mol. The molecule has 56 heavy (non-hydrogen) atoms. The molecule has 7 aromatic carbocycles. The summed E-state index contributed by atoms with van der Waals surface area (Å²) in [6, 6.07) is 54.2. The van der Waals surface area contributed by atoms with Crippen molar-refractivity contribution in [2.24, 2.45) is 0 Å². The summed E-state index contributed by atoms with van der Waals surface area (Å²) in [6.45, 7) is 6.11. The van der Waals surface area contributed by atoms with Gasteiger partial charge in [0.1, 0.15) is 17.2 Å². The Morgan fingerprint density at radius 1 is 0.607 bits per heavy atom. The minimum Gasteiger partial charge on any atom is -0.455 e. The van der Waals surface area contributed by atoms with Gasteiger partial charge in [-0.3, -0.25) is 0 Å². The zero-order valence-electron chi connectivity index (χ0n) is 30.5. The van der Waals surface area contributed by atoms with Crippen molar-refractivity contribution in [2.45, 2.75) is 6.92 Å². The topological polar surface area (TPSA) is 70.6 Å². The SMILES string of the molecule is C=C/C=c1\c(=C/C)n(-c2cc(-n3c4ccccc4c4c5oc6ccccc6c5ccc43)ccc2-c2cccc(-c3cccc(C#N)c3)c2C#N)c2ccccc12. The van der Waals surface area contributed by atoms with Gasteiger partial charge >= 0.3 is 0 Å². The second-order valence-electron chi connectivity index (χ2n) is 13.9. The van der Waals surface area contributed by atoms with Crippen LogP contribution in [0.15, 0.2) is 163 Å². The van der Waals surface area contributed by atoms with Crippen LogP contribution in [0.5, 0.6) is 0 Å². The molecular formula is C51H32N4O. The summed E-state index contributed by atoms with van der Waals surface area (Å²) in [5, 5.41) is 28.1. The number of hydrogen-bond donors (Lipinski definition) is 0. The van der Waals surface area contributed by atoms with E-state index >= 15 is 0 Å². The van der Waals surface area contributed by atoms with Crippen LogP contribution >= 0.6 is 0 Å². The van der Waals surface area contributed by atoms with Crippen molar-refractivity contribution in [1.29, 1.82) is 10.5 Å². The summed E-state index contributed by atoms with van der Waals surface area (Å²) in [6.07, 6.45) is 6.03.